The van der Waals surface area contributed by atoms with Crippen molar-refractivity contribution in [1.82, 2.24) is 0 Å². The van der Waals surface area contributed by atoms with Gasteiger partial charge in [-0.25, -0.2) is 0 Å². The highest BCUT2D eigenvalue weighted by atomic mass is 16.3. The zero-order chi connectivity index (χ0) is 12.8. The normalized spacial score (nSPS) is 39.2. The third-order valence-electron chi connectivity index (χ3n) is 4.63. The molecule has 1 fully saturated rings. The van der Waals surface area contributed by atoms with E-state index in [0.717, 1.165) is 19.3 Å². The quantitative estimate of drug-likeness (QED) is 0.796. The summed E-state index contributed by atoms with van der Waals surface area (Å²) in [6.45, 7) is 4.53. The van der Waals surface area contributed by atoms with Crippen molar-refractivity contribution in [2.75, 3.05) is 5.32 Å². The van der Waals surface area contributed by atoms with Crippen LogP contribution in [0.2, 0.25) is 0 Å². The fraction of sp³-hybridized carbons (Fsp3) is 0.625. The molecule has 2 heteroatoms. The van der Waals surface area contributed by atoms with Gasteiger partial charge in [-0.3, -0.25) is 0 Å². The first-order valence-electron chi connectivity index (χ1n) is 7.13. The average molecular weight is 245 g/mol. The molecule has 0 saturated heterocycles. The van der Waals surface area contributed by atoms with Gasteiger partial charge in [-0.1, -0.05) is 32.0 Å². The molecule has 0 radical (unpaired) electrons. The second-order valence-electron chi connectivity index (χ2n) is 6.52. The Kier molecular flexibility index (Phi) is 2.86. The maximum absolute atomic E-state index is 11.0. The van der Waals surface area contributed by atoms with Crippen LogP contribution in [0.1, 0.15) is 38.7 Å². The molecule has 1 aliphatic carbocycles. The van der Waals surface area contributed by atoms with Gasteiger partial charge in [0, 0.05) is 5.69 Å². The minimum Gasteiger partial charge on any atom is -0.388 e. The SMILES string of the molecule is CC1CC(C)CC(O)(C2Cc3ccccc3N2)C1. The molecule has 0 spiro atoms. The van der Waals surface area contributed by atoms with Gasteiger partial charge in [0.1, 0.15) is 0 Å². The molecule has 0 bridgehead atoms. The molecule has 3 atom stereocenters. The van der Waals surface area contributed by atoms with E-state index in [2.05, 4.69) is 43.4 Å². The fourth-order valence-corrected chi connectivity index (χ4v) is 4.05. The number of benzene rings is 1. The molecular formula is C16H23NO. The Balaban J connectivity index is 1.80. The van der Waals surface area contributed by atoms with Gasteiger partial charge in [0.15, 0.2) is 0 Å². The lowest BCUT2D eigenvalue weighted by molar-refractivity contribution is -0.0443. The second kappa shape index (κ2) is 4.27. The maximum atomic E-state index is 11.0. The second-order valence-corrected chi connectivity index (χ2v) is 6.52. The van der Waals surface area contributed by atoms with Crippen LogP contribution in [0.4, 0.5) is 5.69 Å². The van der Waals surface area contributed by atoms with Crippen molar-refractivity contribution in [3.63, 3.8) is 0 Å². The fourth-order valence-electron chi connectivity index (χ4n) is 4.05. The number of hydrogen-bond donors (Lipinski definition) is 2. The van der Waals surface area contributed by atoms with Crippen molar-refractivity contribution in [3.05, 3.63) is 29.8 Å². The zero-order valence-corrected chi connectivity index (χ0v) is 11.3. The standard InChI is InChI=1S/C16H23NO/c1-11-7-12(2)10-16(18,9-11)15-8-13-5-3-4-6-14(13)17-15/h3-6,11-12,15,17-18H,7-10H2,1-2H3. The minimum absolute atomic E-state index is 0.195. The summed E-state index contributed by atoms with van der Waals surface area (Å²) in [4.78, 5) is 0. The summed E-state index contributed by atoms with van der Waals surface area (Å²) >= 11 is 0. The minimum atomic E-state index is -0.532. The predicted octanol–water partition coefficient (Wildman–Crippen LogP) is 3.21. The Morgan fingerprint density at radius 1 is 1.17 bits per heavy atom. The first-order chi connectivity index (χ1) is 8.57. The monoisotopic (exact) mass is 245 g/mol. The summed E-state index contributed by atoms with van der Waals surface area (Å²) in [6.07, 6.45) is 4.08. The first-order valence-corrected chi connectivity index (χ1v) is 7.13. The Morgan fingerprint density at radius 2 is 1.83 bits per heavy atom. The molecule has 3 rings (SSSR count). The summed E-state index contributed by atoms with van der Waals surface area (Å²) in [7, 11) is 0. The molecule has 1 saturated carbocycles. The molecule has 2 nitrogen and oxygen atoms in total. The highest BCUT2D eigenvalue weighted by Crippen LogP contribution is 2.42. The van der Waals surface area contributed by atoms with Crippen molar-refractivity contribution >= 4 is 5.69 Å². The number of nitrogens with one attached hydrogen (secondary N) is 1. The summed E-state index contributed by atoms with van der Waals surface area (Å²) in [5.74, 6) is 1.26. The molecule has 3 unspecified atom stereocenters. The molecule has 1 aromatic carbocycles. The molecule has 0 aromatic heterocycles. The topological polar surface area (TPSA) is 32.3 Å². The summed E-state index contributed by atoms with van der Waals surface area (Å²) in [5, 5.41) is 14.6. The molecule has 0 amide bonds. The van der Waals surface area contributed by atoms with Crippen molar-refractivity contribution in [3.8, 4) is 0 Å². The highest BCUT2D eigenvalue weighted by molar-refractivity contribution is 5.57. The Hall–Kier alpha value is -1.02. The number of aliphatic hydroxyl groups is 1. The predicted molar refractivity (Wildman–Crippen MR) is 74.7 cm³/mol. The van der Waals surface area contributed by atoms with E-state index in [9.17, 15) is 5.11 Å². The van der Waals surface area contributed by atoms with Gasteiger partial charge >= 0.3 is 0 Å². The highest BCUT2D eigenvalue weighted by Gasteiger charge is 2.44. The van der Waals surface area contributed by atoms with Crippen molar-refractivity contribution in [1.29, 1.82) is 0 Å². The Morgan fingerprint density at radius 3 is 2.50 bits per heavy atom. The van der Waals surface area contributed by atoms with E-state index in [-0.39, 0.29) is 6.04 Å². The van der Waals surface area contributed by atoms with E-state index in [0.29, 0.717) is 11.8 Å². The molecule has 1 aromatic rings. The summed E-state index contributed by atoms with van der Waals surface area (Å²) in [5.41, 5.74) is 2.03. The average Bonchev–Trinajstić information content (AvgIpc) is 2.71. The van der Waals surface area contributed by atoms with Crippen LogP contribution in [0, 0.1) is 11.8 Å². The Labute approximate surface area is 109 Å². The number of rotatable bonds is 1. The van der Waals surface area contributed by atoms with E-state index in [1.807, 2.05) is 0 Å². The first kappa shape index (κ1) is 12.0. The lowest BCUT2D eigenvalue weighted by Crippen LogP contribution is -2.50. The van der Waals surface area contributed by atoms with E-state index >= 15 is 0 Å². The van der Waals surface area contributed by atoms with Crippen molar-refractivity contribution in [2.24, 2.45) is 11.8 Å². The van der Waals surface area contributed by atoms with Crippen LogP contribution < -0.4 is 5.32 Å². The molecular weight excluding hydrogens is 222 g/mol. The Bertz CT molecular complexity index is 407. The van der Waals surface area contributed by atoms with Crippen LogP contribution in [0.5, 0.6) is 0 Å². The molecule has 2 N–H and O–H groups in total. The van der Waals surface area contributed by atoms with E-state index < -0.39 is 5.60 Å². The lowest BCUT2D eigenvalue weighted by Gasteiger charge is -2.43. The summed E-state index contributed by atoms with van der Waals surface area (Å²) in [6, 6.07) is 8.62. The zero-order valence-electron chi connectivity index (χ0n) is 11.3. The van der Waals surface area contributed by atoms with Crippen LogP contribution in [-0.2, 0) is 6.42 Å². The van der Waals surface area contributed by atoms with Gasteiger partial charge in [0.25, 0.3) is 0 Å². The van der Waals surface area contributed by atoms with Gasteiger partial charge < -0.3 is 10.4 Å². The molecule has 98 valence electrons. The van der Waals surface area contributed by atoms with Crippen LogP contribution in [-0.4, -0.2) is 16.7 Å². The molecule has 1 heterocycles. The third kappa shape index (κ3) is 2.03. The van der Waals surface area contributed by atoms with Gasteiger partial charge in [0.2, 0.25) is 0 Å². The van der Waals surface area contributed by atoms with Gasteiger partial charge in [-0.05, 0) is 49.1 Å². The van der Waals surface area contributed by atoms with Crippen LogP contribution in [0.3, 0.4) is 0 Å². The number of para-hydroxylation sites is 1. The van der Waals surface area contributed by atoms with Crippen LogP contribution in [0.15, 0.2) is 24.3 Å². The molecule has 18 heavy (non-hydrogen) atoms. The number of hydrogen-bond acceptors (Lipinski definition) is 2. The van der Waals surface area contributed by atoms with Gasteiger partial charge in [-0.15, -0.1) is 0 Å². The lowest BCUT2D eigenvalue weighted by atomic mass is 9.70. The smallest absolute Gasteiger partial charge is 0.0856 e. The van der Waals surface area contributed by atoms with Gasteiger partial charge in [0.05, 0.1) is 11.6 Å². The largest absolute Gasteiger partial charge is 0.388 e. The number of anilines is 1. The maximum Gasteiger partial charge on any atom is 0.0856 e. The number of fused-ring (bicyclic) bond motifs is 1. The molecule has 1 aliphatic heterocycles. The van der Waals surface area contributed by atoms with Gasteiger partial charge in [-0.2, -0.15) is 0 Å². The third-order valence-corrected chi connectivity index (χ3v) is 4.63. The summed E-state index contributed by atoms with van der Waals surface area (Å²) < 4.78 is 0. The van der Waals surface area contributed by atoms with Crippen molar-refractivity contribution in [2.45, 2.75) is 51.2 Å². The van der Waals surface area contributed by atoms with E-state index in [4.69, 9.17) is 0 Å². The van der Waals surface area contributed by atoms with Crippen molar-refractivity contribution < 1.29 is 5.11 Å². The van der Waals surface area contributed by atoms with E-state index in [1.54, 1.807) is 0 Å². The van der Waals surface area contributed by atoms with E-state index in [1.165, 1.54) is 17.7 Å². The molecule has 2 aliphatic rings. The van der Waals surface area contributed by atoms with Crippen LogP contribution >= 0.6 is 0 Å². The van der Waals surface area contributed by atoms with Crippen LogP contribution in [0.25, 0.3) is 0 Å².